The number of amidine groups is 1. The number of halogens is 1. The third-order valence-electron chi connectivity index (χ3n) is 2.12. The summed E-state index contributed by atoms with van der Waals surface area (Å²) in [6, 6.07) is 0. The maximum absolute atomic E-state index is 14.1. The quantitative estimate of drug-likeness (QED) is 0.513. The summed E-state index contributed by atoms with van der Waals surface area (Å²) in [5.74, 6) is 1.58. The molecule has 0 atom stereocenters. The van der Waals surface area contributed by atoms with E-state index in [9.17, 15) is 4.39 Å². The molecule has 3 aliphatic heterocycles. The van der Waals surface area contributed by atoms with Crippen molar-refractivity contribution >= 4 is 54.2 Å². The summed E-state index contributed by atoms with van der Waals surface area (Å²) in [4.78, 5) is 2.04. The molecule has 0 aromatic heterocycles. The van der Waals surface area contributed by atoms with Gasteiger partial charge in [-0.05, 0) is 0 Å². The van der Waals surface area contributed by atoms with Crippen molar-refractivity contribution in [3.63, 3.8) is 0 Å². The molecule has 3 rings (SSSR count). The van der Waals surface area contributed by atoms with Crippen LogP contribution in [0.5, 0.6) is 0 Å². The van der Waals surface area contributed by atoms with E-state index in [0.717, 1.165) is 27.1 Å². The molecular weight excluding hydrogens is 367 g/mol. The zero-order valence-corrected chi connectivity index (χ0v) is 12.6. The first-order valence-corrected chi connectivity index (χ1v) is 11.5. The van der Waals surface area contributed by atoms with Gasteiger partial charge >= 0.3 is 107 Å². The molecule has 8 heteroatoms. The van der Waals surface area contributed by atoms with Crippen molar-refractivity contribution in [2.75, 3.05) is 6.54 Å². The van der Waals surface area contributed by atoms with Crippen LogP contribution in [0.2, 0.25) is 0 Å². The third kappa shape index (κ3) is 1.51. The van der Waals surface area contributed by atoms with E-state index in [2.05, 4.69) is 16.0 Å². The monoisotopic (exact) mass is 374 g/mol. The van der Waals surface area contributed by atoms with Gasteiger partial charge in [0, 0.05) is 0 Å². The number of fused-ring (bicyclic) bond motifs is 1. The van der Waals surface area contributed by atoms with Crippen LogP contribution >= 0.6 is 20.7 Å². The third-order valence-corrected chi connectivity index (χ3v) is 8.59. The molecule has 3 aliphatic rings. The molecule has 0 amide bonds. The number of hydrogen-bond acceptors (Lipinski definition) is 4. The van der Waals surface area contributed by atoms with Gasteiger partial charge < -0.3 is 0 Å². The van der Waals surface area contributed by atoms with Crippen molar-refractivity contribution < 1.29 is 4.39 Å². The molecule has 0 aromatic rings. The van der Waals surface area contributed by atoms with E-state index in [1.165, 1.54) is 20.7 Å². The minimum atomic E-state index is -0.0350. The molecule has 0 saturated heterocycles. The summed E-state index contributed by atoms with van der Waals surface area (Å²) in [5.41, 5.74) is 0. The summed E-state index contributed by atoms with van der Waals surface area (Å²) in [7, 11) is 2.97. The Labute approximate surface area is 106 Å². The molecule has 0 aromatic carbocycles. The molecule has 0 bridgehead atoms. The predicted octanol–water partition coefficient (Wildman–Crippen LogP) is 1.24. The SMILES string of the molecule is CCN1C2=NS[Se]C2=C(F)C2=C1[N]S[Se]2. The Morgan fingerprint density at radius 2 is 2.13 bits per heavy atom. The summed E-state index contributed by atoms with van der Waals surface area (Å²) in [5, 5.41) is 0. The maximum atomic E-state index is 14.1. The normalized spacial score (nSPS) is 24.1. The van der Waals surface area contributed by atoms with Crippen molar-refractivity contribution in [2.24, 2.45) is 4.40 Å². The van der Waals surface area contributed by atoms with Crippen molar-refractivity contribution in [1.82, 2.24) is 9.62 Å². The van der Waals surface area contributed by atoms with Gasteiger partial charge in [-0.1, -0.05) is 0 Å². The predicted molar refractivity (Wildman–Crippen MR) is 63.8 cm³/mol. The Hall–Kier alpha value is 0.419. The van der Waals surface area contributed by atoms with Gasteiger partial charge in [-0.15, -0.1) is 0 Å². The molecule has 79 valence electrons. The Balaban J connectivity index is 2.14. The zero-order chi connectivity index (χ0) is 10.4. The summed E-state index contributed by atoms with van der Waals surface area (Å²) in [6.07, 6.45) is 0. The molecule has 0 saturated carbocycles. The molecule has 0 spiro atoms. The van der Waals surface area contributed by atoms with Crippen molar-refractivity contribution in [3.8, 4) is 0 Å². The van der Waals surface area contributed by atoms with Gasteiger partial charge in [0.15, 0.2) is 0 Å². The van der Waals surface area contributed by atoms with Gasteiger partial charge in [0.1, 0.15) is 0 Å². The van der Waals surface area contributed by atoms with Crippen LogP contribution in [-0.4, -0.2) is 45.0 Å². The molecule has 1 radical (unpaired) electrons. The van der Waals surface area contributed by atoms with Gasteiger partial charge in [0.05, 0.1) is 0 Å². The first-order valence-electron chi connectivity index (χ1n) is 4.21. The standard InChI is InChI=1S/C7H5FN3S2Se2/c1-2-11-6-4(14-12-9-6)3(8)5-7(11)10-13-15-5/h2H2,1H3. The second-order valence-electron chi connectivity index (χ2n) is 2.86. The molecule has 0 N–H and O–H groups in total. The van der Waals surface area contributed by atoms with E-state index < -0.39 is 0 Å². The van der Waals surface area contributed by atoms with Crippen molar-refractivity contribution in [3.05, 3.63) is 20.6 Å². The van der Waals surface area contributed by atoms with Crippen LogP contribution in [0, 0.1) is 0 Å². The number of rotatable bonds is 1. The fraction of sp³-hybridized carbons (Fsp3) is 0.286. The molecule has 0 fully saturated rings. The fourth-order valence-corrected chi connectivity index (χ4v) is 8.32. The van der Waals surface area contributed by atoms with Gasteiger partial charge in [0.2, 0.25) is 0 Å². The minimum absolute atomic E-state index is 0.0350. The molecule has 3 heterocycles. The van der Waals surface area contributed by atoms with E-state index in [1.807, 2.05) is 4.90 Å². The molecule has 0 aliphatic carbocycles. The van der Waals surface area contributed by atoms with Crippen LogP contribution < -0.4 is 4.72 Å². The summed E-state index contributed by atoms with van der Waals surface area (Å²) in [6.45, 7) is 2.86. The van der Waals surface area contributed by atoms with Crippen LogP contribution in [0.25, 0.3) is 0 Å². The van der Waals surface area contributed by atoms with Crippen LogP contribution in [0.1, 0.15) is 6.92 Å². The van der Waals surface area contributed by atoms with Gasteiger partial charge in [-0.3, -0.25) is 0 Å². The van der Waals surface area contributed by atoms with E-state index >= 15 is 0 Å². The first-order chi connectivity index (χ1) is 7.33. The van der Waals surface area contributed by atoms with Gasteiger partial charge in [-0.25, -0.2) is 0 Å². The Morgan fingerprint density at radius 3 is 2.93 bits per heavy atom. The topological polar surface area (TPSA) is 29.7 Å². The van der Waals surface area contributed by atoms with E-state index in [1.54, 1.807) is 0 Å². The molecular formula is C7H5FN3S2Se2. The average Bonchev–Trinajstić information content (AvgIpc) is 2.85. The first kappa shape index (κ1) is 10.6. The van der Waals surface area contributed by atoms with E-state index in [0.29, 0.717) is 0 Å². The van der Waals surface area contributed by atoms with Crippen LogP contribution in [0.15, 0.2) is 25.0 Å². The van der Waals surface area contributed by atoms with Crippen molar-refractivity contribution in [1.29, 1.82) is 0 Å². The van der Waals surface area contributed by atoms with E-state index in [4.69, 9.17) is 0 Å². The summed E-state index contributed by atoms with van der Waals surface area (Å²) >= 11 is 0.212. The zero-order valence-electron chi connectivity index (χ0n) is 7.56. The Morgan fingerprint density at radius 1 is 1.33 bits per heavy atom. The van der Waals surface area contributed by atoms with Crippen molar-refractivity contribution in [2.45, 2.75) is 6.92 Å². The molecule has 3 nitrogen and oxygen atoms in total. The number of hydrogen-bond donors (Lipinski definition) is 0. The molecule has 0 unspecified atom stereocenters. The second-order valence-corrected chi connectivity index (χ2v) is 9.55. The molecule has 15 heavy (non-hydrogen) atoms. The van der Waals surface area contributed by atoms with Crippen LogP contribution in [0.3, 0.4) is 0 Å². The summed E-state index contributed by atoms with van der Waals surface area (Å²) < 4.78 is 24.3. The van der Waals surface area contributed by atoms with Crippen LogP contribution in [-0.2, 0) is 0 Å². The average molecular weight is 372 g/mol. The second kappa shape index (κ2) is 4.02. The number of allylic oxidation sites excluding steroid dienone is 2. The number of likely N-dealkylation sites (N-methyl/N-ethyl adjacent to an activating group) is 1. The van der Waals surface area contributed by atoms with Gasteiger partial charge in [0.25, 0.3) is 0 Å². The Kier molecular flexibility index (Phi) is 2.83. The van der Waals surface area contributed by atoms with Gasteiger partial charge in [-0.2, -0.15) is 0 Å². The van der Waals surface area contributed by atoms with Crippen LogP contribution in [0.4, 0.5) is 4.39 Å². The van der Waals surface area contributed by atoms with E-state index in [-0.39, 0.29) is 33.5 Å². The Bertz CT molecular complexity index is 420. The fourth-order valence-electron chi connectivity index (χ4n) is 1.46. The number of nitrogens with zero attached hydrogens (tertiary/aromatic N) is 3.